The standard InChI is InChI=1S/C30H38N6/c1-2-8-26(9-3-1)22-35-23-27(21-31-35)28-11-6-12-30-32-29(33-36(28)30)20-25-15-13-24(14-16-25)10-7-19-34-17-4-5-18-34/h6,11-16,21,23,26H,1-5,7-10,17-20,22H2. The van der Waals surface area contributed by atoms with Gasteiger partial charge in [-0.25, -0.2) is 9.50 Å². The van der Waals surface area contributed by atoms with E-state index in [0.29, 0.717) is 0 Å². The maximum Gasteiger partial charge on any atom is 0.156 e. The zero-order chi connectivity index (χ0) is 24.2. The topological polar surface area (TPSA) is 51.3 Å². The van der Waals surface area contributed by atoms with Crippen molar-refractivity contribution in [3.05, 3.63) is 71.8 Å². The van der Waals surface area contributed by atoms with Gasteiger partial charge in [-0.15, -0.1) is 0 Å². The Balaban J connectivity index is 1.11. The first kappa shape index (κ1) is 23.4. The summed E-state index contributed by atoms with van der Waals surface area (Å²) in [5.41, 5.74) is 5.73. The smallest absolute Gasteiger partial charge is 0.156 e. The molecule has 1 saturated carbocycles. The molecule has 0 spiro atoms. The lowest BCUT2D eigenvalue weighted by Crippen LogP contribution is -2.20. The van der Waals surface area contributed by atoms with Gasteiger partial charge in [0.1, 0.15) is 0 Å². The van der Waals surface area contributed by atoms with Gasteiger partial charge in [0, 0.05) is 24.7 Å². The Labute approximate surface area is 214 Å². The van der Waals surface area contributed by atoms with Crippen molar-refractivity contribution in [2.24, 2.45) is 5.92 Å². The van der Waals surface area contributed by atoms with Crippen molar-refractivity contribution in [1.82, 2.24) is 29.3 Å². The molecule has 2 aliphatic rings. The van der Waals surface area contributed by atoms with Crippen molar-refractivity contribution in [2.45, 2.75) is 70.8 Å². The van der Waals surface area contributed by atoms with E-state index in [1.165, 1.54) is 82.1 Å². The van der Waals surface area contributed by atoms with Gasteiger partial charge in [0.05, 0.1) is 11.9 Å². The number of pyridine rings is 1. The summed E-state index contributed by atoms with van der Waals surface area (Å²) in [7, 11) is 0. The average molecular weight is 483 g/mol. The second-order valence-electron chi connectivity index (χ2n) is 10.8. The Bertz CT molecular complexity index is 1260. The van der Waals surface area contributed by atoms with E-state index >= 15 is 0 Å². The summed E-state index contributed by atoms with van der Waals surface area (Å²) in [5, 5.41) is 9.56. The average Bonchev–Trinajstić information content (AvgIpc) is 3.67. The molecule has 188 valence electrons. The molecule has 0 radical (unpaired) electrons. The van der Waals surface area contributed by atoms with E-state index in [9.17, 15) is 0 Å². The highest BCUT2D eigenvalue weighted by molar-refractivity contribution is 5.61. The first-order valence-electron chi connectivity index (χ1n) is 14.0. The number of rotatable bonds is 9. The van der Waals surface area contributed by atoms with Gasteiger partial charge < -0.3 is 4.90 Å². The van der Waals surface area contributed by atoms with Crippen LogP contribution in [-0.2, 0) is 19.4 Å². The van der Waals surface area contributed by atoms with Gasteiger partial charge in [0.25, 0.3) is 0 Å². The monoisotopic (exact) mass is 482 g/mol. The third-order valence-electron chi connectivity index (χ3n) is 8.03. The molecule has 6 rings (SSSR count). The van der Waals surface area contributed by atoms with Crippen molar-refractivity contribution < 1.29 is 0 Å². The van der Waals surface area contributed by atoms with Crippen LogP contribution >= 0.6 is 0 Å². The van der Waals surface area contributed by atoms with Crippen LogP contribution in [0.1, 0.15) is 68.3 Å². The summed E-state index contributed by atoms with van der Waals surface area (Å²) >= 11 is 0. The number of aromatic nitrogens is 5. The summed E-state index contributed by atoms with van der Waals surface area (Å²) in [6, 6.07) is 15.3. The number of likely N-dealkylation sites (tertiary alicyclic amines) is 1. The molecule has 6 nitrogen and oxygen atoms in total. The van der Waals surface area contributed by atoms with Crippen LogP contribution in [0.3, 0.4) is 0 Å². The minimum atomic E-state index is 0.746. The van der Waals surface area contributed by atoms with Gasteiger partial charge in [-0.05, 0) is 87.3 Å². The molecule has 0 bridgehead atoms. The summed E-state index contributed by atoms with van der Waals surface area (Å²) < 4.78 is 4.10. The molecular formula is C30H38N6. The van der Waals surface area contributed by atoms with E-state index in [-0.39, 0.29) is 0 Å². The molecule has 4 aromatic rings. The number of benzene rings is 1. The van der Waals surface area contributed by atoms with E-state index in [1.807, 2.05) is 16.8 Å². The van der Waals surface area contributed by atoms with Crippen LogP contribution in [-0.4, -0.2) is 48.9 Å². The lowest BCUT2D eigenvalue weighted by Gasteiger charge is -2.21. The van der Waals surface area contributed by atoms with Gasteiger partial charge in [-0.2, -0.15) is 10.2 Å². The fourth-order valence-corrected chi connectivity index (χ4v) is 5.99. The highest BCUT2D eigenvalue weighted by Gasteiger charge is 2.16. The third kappa shape index (κ3) is 5.54. The van der Waals surface area contributed by atoms with E-state index in [0.717, 1.165) is 48.0 Å². The Morgan fingerprint density at radius 2 is 1.67 bits per heavy atom. The molecule has 4 heterocycles. The highest BCUT2D eigenvalue weighted by atomic mass is 15.3. The van der Waals surface area contributed by atoms with Crippen LogP contribution in [0, 0.1) is 5.92 Å². The van der Waals surface area contributed by atoms with Crippen LogP contribution in [0.15, 0.2) is 54.9 Å². The molecule has 3 aromatic heterocycles. The summed E-state index contributed by atoms with van der Waals surface area (Å²) in [4.78, 5) is 7.43. The van der Waals surface area contributed by atoms with Crippen LogP contribution in [0.2, 0.25) is 0 Å². The van der Waals surface area contributed by atoms with Crippen LogP contribution < -0.4 is 0 Å². The predicted molar refractivity (Wildman–Crippen MR) is 144 cm³/mol. The normalized spacial score (nSPS) is 17.3. The second kappa shape index (κ2) is 11.0. The molecule has 6 heteroatoms. The lowest BCUT2D eigenvalue weighted by molar-refractivity contribution is 0.308. The molecule has 0 unspecified atom stereocenters. The molecule has 1 aliphatic heterocycles. The van der Waals surface area contributed by atoms with Crippen molar-refractivity contribution in [1.29, 1.82) is 0 Å². The highest BCUT2D eigenvalue weighted by Crippen LogP contribution is 2.26. The van der Waals surface area contributed by atoms with Gasteiger partial charge in [-0.3, -0.25) is 4.68 Å². The van der Waals surface area contributed by atoms with E-state index < -0.39 is 0 Å². The maximum absolute atomic E-state index is 4.89. The van der Waals surface area contributed by atoms with Crippen LogP contribution in [0.4, 0.5) is 0 Å². The Morgan fingerprint density at radius 3 is 2.50 bits per heavy atom. The van der Waals surface area contributed by atoms with Crippen molar-refractivity contribution >= 4 is 5.65 Å². The number of hydrogen-bond acceptors (Lipinski definition) is 4. The van der Waals surface area contributed by atoms with Crippen LogP contribution in [0.5, 0.6) is 0 Å². The molecular weight excluding hydrogens is 444 g/mol. The van der Waals surface area contributed by atoms with Gasteiger partial charge in [-0.1, -0.05) is 49.6 Å². The van der Waals surface area contributed by atoms with E-state index in [1.54, 1.807) is 0 Å². The minimum absolute atomic E-state index is 0.746. The maximum atomic E-state index is 4.89. The zero-order valence-electron chi connectivity index (χ0n) is 21.4. The van der Waals surface area contributed by atoms with Crippen LogP contribution in [0.25, 0.3) is 16.9 Å². The van der Waals surface area contributed by atoms with Gasteiger partial charge in [0.2, 0.25) is 0 Å². The summed E-state index contributed by atoms with van der Waals surface area (Å²) in [6.07, 6.45) is 16.8. The SMILES string of the molecule is c1cc(-c2cnn(CC3CCCCC3)c2)n2nc(Cc3ccc(CCCN4CCCC4)cc3)nc2c1. The number of fused-ring (bicyclic) bond motifs is 1. The van der Waals surface area contributed by atoms with Crippen molar-refractivity contribution in [3.63, 3.8) is 0 Å². The molecule has 36 heavy (non-hydrogen) atoms. The molecule has 1 saturated heterocycles. The fourth-order valence-electron chi connectivity index (χ4n) is 5.99. The first-order valence-corrected chi connectivity index (χ1v) is 14.0. The minimum Gasteiger partial charge on any atom is -0.303 e. The summed E-state index contributed by atoms with van der Waals surface area (Å²) in [6.45, 7) is 4.83. The zero-order valence-corrected chi connectivity index (χ0v) is 21.4. The molecule has 0 amide bonds. The first-order chi connectivity index (χ1) is 17.8. The molecule has 1 aliphatic carbocycles. The second-order valence-corrected chi connectivity index (χ2v) is 10.8. The van der Waals surface area contributed by atoms with Gasteiger partial charge in [0.15, 0.2) is 11.5 Å². The quantitative estimate of drug-likeness (QED) is 0.303. The Hall–Kier alpha value is -2.99. The molecule has 0 N–H and O–H groups in total. The van der Waals surface area contributed by atoms with E-state index in [4.69, 9.17) is 10.1 Å². The molecule has 2 fully saturated rings. The fraction of sp³-hybridized carbons (Fsp3) is 0.500. The predicted octanol–water partition coefficient (Wildman–Crippen LogP) is 5.79. The van der Waals surface area contributed by atoms with Gasteiger partial charge >= 0.3 is 0 Å². The number of aryl methyl sites for hydroxylation is 1. The Kier molecular flexibility index (Phi) is 7.12. The number of hydrogen-bond donors (Lipinski definition) is 0. The van der Waals surface area contributed by atoms with E-state index in [2.05, 4.69) is 57.3 Å². The molecule has 1 aromatic carbocycles. The van der Waals surface area contributed by atoms with Crippen molar-refractivity contribution in [2.75, 3.05) is 19.6 Å². The molecule has 0 atom stereocenters. The Morgan fingerprint density at radius 1 is 0.861 bits per heavy atom. The number of nitrogens with zero attached hydrogens (tertiary/aromatic N) is 6. The third-order valence-corrected chi connectivity index (χ3v) is 8.03. The van der Waals surface area contributed by atoms with Crippen molar-refractivity contribution in [3.8, 4) is 11.3 Å². The lowest BCUT2D eigenvalue weighted by atomic mass is 9.89. The summed E-state index contributed by atoms with van der Waals surface area (Å²) in [5.74, 6) is 1.62. The largest absolute Gasteiger partial charge is 0.303 e.